The fourth-order valence-corrected chi connectivity index (χ4v) is 1.86. The highest BCUT2D eigenvalue weighted by molar-refractivity contribution is 5.86. The van der Waals surface area contributed by atoms with Crippen molar-refractivity contribution in [2.24, 2.45) is 0 Å². The van der Waals surface area contributed by atoms with Crippen LogP contribution in [-0.2, 0) is 10.2 Å². The maximum atomic E-state index is 11.4. The molecule has 0 fully saturated rings. The molecule has 1 aromatic carbocycles. The van der Waals surface area contributed by atoms with Crippen molar-refractivity contribution in [3.8, 4) is 0 Å². The van der Waals surface area contributed by atoms with Crippen molar-refractivity contribution < 1.29 is 4.79 Å². The summed E-state index contributed by atoms with van der Waals surface area (Å²) < 4.78 is 0. The third-order valence-electron chi connectivity index (χ3n) is 3.46. The summed E-state index contributed by atoms with van der Waals surface area (Å²) in [6, 6.07) is 8.61. The first kappa shape index (κ1) is 14.5. The number of rotatable bonds is 5. The van der Waals surface area contributed by atoms with E-state index >= 15 is 0 Å². The van der Waals surface area contributed by atoms with Crippen molar-refractivity contribution in [2.45, 2.75) is 32.6 Å². The first-order chi connectivity index (χ1) is 8.36. The van der Waals surface area contributed by atoms with Crippen LogP contribution in [0.1, 0.15) is 31.4 Å². The Hall–Kier alpha value is -1.57. The molecule has 0 saturated carbocycles. The number of nitrogens with zero attached hydrogens (tertiary/aromatic N) is 1. The molecule has 0 N–H and O–H groups in total. The van der Waals surface area contributed by atoms with Gasteiger partial charge in [0.1, 0.15) is 0 Å². The average molecular weight is 245 g/mol. The lowest BCUT2D eigenvalue weighted by atomic mass is 9.81. The van der Waals surface area contributed by atoms with Gasteiger partial charge in [-0.25, -0.2) is 0 Å². The SMILES string of the molecule is C=CC(=O)N(C)CCC(C)(C)c1ccc(C)cc1. The third-order valence-corrected chi connectivity index (χ3v) is 3.46. The zero-order chi connectivity index (χ0) is 13.8. The van der Waals surface area contributed by atoms with E-state index in [4.69, 9.17) is 0 Å². The number of amides is 1. The molecule has 0 unspecified atom stereocenters. The number of carbonyl (C=O) groups excluding carboxylic acids is 1. The van der Waals surface area contributed by atoms with E-state index in [-0.39, 0.29) is 11.3 Å². The molecule has 0 spiro atoms. The number of likely N-dealkylation sites (N-methyl/N-ethyl adjacent to an activating group) is 1. The number of aryl methyl sites for hydroxylation is 1. The molecule has 0 aliphatic carbocycles. The van der Waals surface area contributed by atoms with Crippen LogP contribution in [0.25, 0.3) is 0 Å². The normalized spacial score (nSPS) is 11.1. The Kier molecular flexibility index (Phi) is 4.71. The fraction of sp³-hybridized carbons (Fsp3) is 0.438. The molecular formula is C16H23NO. The zero-order valence-corrected chi connectivity index (χ0v) is 11.9. The minimum absolute atomic E-state index is 0.0188. The van der Waals surface area contributed by atoms with E-state index in [2.05, 4.69) is 51.6 Å². The lowest BCUT2D eigenvalue weighted by molar-refractivity contribution is -0.124. The van der Waals surface area contributed by atoms with Crippen molar-refractivity contribution in [1.82, 2.24) is 4.90 Å². The molecule has 1 aromatic rings. The number of benzene rings is 1. The highest BCUT2D eigenvalue weighted by Crippen LogP contribution is 2.27. The second kappa shape index (κ2) is 5.85. The minimum Gasteiger partial charge on any atom is -0.342 e. The van der Waals surface area contributed by atoms with Gasteiger partial charge >= 0.3 is 0 Å². The Bertz CT molecular complexity index is 417. The Morgan fingerprint density at radius 2 is 1.89 bits per heavy atom. The minimum atomic E-state index is -0.0188. The highest BCUT2D eigenvalue weighted by Gasteiger charge is 2.21. The second-order valence-electron chi connectivity index (χ2n) is 5.46. The van der Waals surface area contributed by atoms with Gasteiger partial charge < -0.3 is 4.90 Å². The summed E-state index contributed by atoms with van der Waals surface area (Å²) in [6.07, 6.45) is 2.30. The molecule has 1 amide bonds. The maximum absolute atomic E-state index is 11.4. The van der Waals surface area contributed by atoms with Crippen LogP contribution in [-0.4, -0.2) is 24.4 Å². The maximum Gasteiger partial charge on any atom is 0.245 e. The van der Waals surface area contributed by atoms with Crippen LogP contribution in [0.5, 0.6) is 0 Å². The summed E-state index contributed by atoms with van der Waals surface area (Å²) in [4.78, 5) is 13.1. The third kappa shape index (κ3) is 3.73. The molecule has 0 atom stereocenters. The summed E-state index contributed by atoms with van der Waals surface area (Å²) in [7, 11) is 1.81. The Labute approximate surface area is 110 Å². The first-order valence-electron chi connectivity index (χ1n) is 6.31. The zero-order valence-electron chi connectivity index (χ0n) is 11.9. The van der Waals surface area contributed by atoms with Gasteiger partial charge in [-0.15, -0.1) is 0 Å². The van der Waals surface area contributed by atoms with Crippen LogP contribution in [0.15, 0.2) is 36.9 Å². The average Bonchev–Trinajstić information content (AvgIpc) is 2.35. The molecule has 2 nitrogen and oxygen atoms in total. The summed E-state index contributed by atoms with van der Waals surface area (Å²) in [5.41, 5.74) is 2.66. The molecule has 98 valence electrons. The Balaban J connectivity index is 2.67. The van der Waals surface area contributed by atoms with E-state index in [1.54, 1.807) is 4.90 Å². The molecule has 0 saturated heterocycles. The van der Waals surface area contributed by atoms with E-state index in [9.17, 15) is 4.79 Å². The highest BCUT2D eigenvalue weighted by atomic mass is 16.2. The van der Waals surface area contributed by atoms with Gasteiger partial charge in [-0.1, -0.05) is 50.3 Å². The van der Waals surface area contributed by atoms with Gasteiger partial charge in [0.05, 0.1) is 0 Å². The van der Waals surface area contributed by atoms with Crippen LogP contribution in [0.4, 0.5) is 0 Å². The van der Waals surface area contributed by atoms with E-state index < -0.39 is 0 Å². The van der Waals surface area contributed by atoms with Gasteiger partial charge in [-0.3, -0.25) is 4.79 Å². The summed E-state index contributed by atoms with van der Waals surface area (Å²) in [5.74, 6) is -0.0188. The van der Waals surface area contributed by atoms with Gasteiger partial charge in [0.25, 0.3) is 0 Å². The van der Waals surface area contributed by atoms with Crippen molar-refractivity contribution in [1.29, 1.82) is 0 Å². The van der Waals surface area contributed by atoms with Crippen molar-refractivity contribution >= 4 is 5.91 Å². The largest absolute Gasteiger partial charge is 0.342 e. The fourth-order valence-electron chi connectivity index (χ4n) is 1.86. The van der Waals surface area contributed by atoms with Gasteiger partial charge in [0.15, 0.2) is 0 Å². The number of carbonyl (C=O) groups is 1. The van der Waals surface area contributed by atoms with Crippen molar-refractivity contribution in [3.05, 3.63) is 48.0 Å². The van der Waals surface area contributed by atoms with Crippen LogP contribution < -0.4 is 0 Å². The topological polar surface area (TPSA) is 20.3 Å². The van der Waals surface area contributed by atoms with Gasteiger partial charge in [-0.2, -0.15) is 0 Å². The van der Waals surface area contributed by atoms with Crippen molar-refractivity contribution in [3.63, 3.8) is 0 Å². The Morgan fingerprint density at radius 1 is 1.33 bits per heavy atom. The molecule has 18 heavy (non-hydrogen) atoms. The van der Waals surface area contributed by atoms with E-state index in [0.29, 0.717) is 0 Å². The molecular weight excluding hydrogens is 222 g/mol. The molecule has 0 bridgehead atoms. The summed E-state index contributed by atoms with van der Waals surface area (Å²) in [5, 5.41) is 0. The predicted octanol–water partition coefficient (Wildman–Crippen LogP) is 3.31. The molecule has 0 aliphatic rings. The van der Waals surface area contributed by atoms with Crippen LogP contribution in [0, 0.1) is 6.92 Å². The summed E-state index contributed by atoms with van der Waals surface area (Å²) >= 11 is 0. The monoisotopic (exact) mass is 245 g/mol. The van der Waals surface area contributed by atoms with Crippen LogP contribution in [0.3, 0.4) is 0 Å². The molecule has 0 heterocycles. The second-order valence-corrected chi connectivity index (χ2v) is 5.46. The lowest BCUT2D eigenvalue weighted by Gasteiger charge is -2.28. The van der Waals surface area contributed by atoms with E-state index in [1.165, 1.54) is 17.2 Å². The molecule has 1 rings (SSSR count). The number of hydrogen-bond acceptors (Lipinski definition) is 1. The number of hydrogen-bond donors (Lipinski definition) is 0. The van der Waals surface area contributed by atoms with E-state index in [1.807, 2.05) is 7.05 Å². The smallest absolute Gasteiger partial charge is 0.245 e. The molecule has 2 heteroatoms. The predicted molar refractivity (Wildman–Crippen MR) is 76.7 cm³/mol. The lowest BCUT2D eigenvalue weighted by Crippen LogP contribution is -2.30. The standard InChI is InChI=1S/C16H23NO/c1-6-15(18)17(5)12-11-16(3,4)14-9-7-13(2)8-10-14/h6-10H,1,11-12H2,2-5H3. The first-order valence-corrected chi connectivity index (χ1v) is 6.31. The van der Waals surface area contributed by atoms with Gasteiger partial charge in [0, 0.05) is 13.6 Å². The van der Waals surface area contributed by atoms with Gasteiger partial charge in [0.2, 0.25) is 5.91 Å². The van der Waals surface area contributed by atoms with Crippen molar-refractivity contribution in [2.75, 3.05) is 13.6 Å². The van der Waals surface area contributed by atoms with E-state index in [0.717, 1.165) is 13.0 Å². The van der Waals surface area contributed by atoms with Crippen LogP contribution >= 0.6 is 0 Å². The Morgan fingerprint density at radius 3 is 2.39 bits per heavy atom. The van der Waals surface area contributed by atoms with Crippen LogP contribution in [0.2, 0.25) is 0 Å². The van der Waals surface area contributed by atoms with Gasteiger partial charge in [-0.05, 0) is 30.4 Å². The quantitative estimate of drug-likeness (QED) is 0.729. The molecule has 0 aromatic heterocycles. The summed E-state index contributed by atoms with van der Waals surface area (Å²) in [6.45, 7) is 10.8. The molecule has 0 radical (unpaired) electrons. The molecule has 0 aliphatic heterocycles.